The first-order valence-electron chi connectivity index (χ1n) is 5.21. The molecule has 0 aromatic heterocycles. The van der Waals surface area contributed by atoms with Crippen molar-refractivity contribution >= 4 is 5.97 Å². The first kappa shape index (κ1) is 14.3. The number of aliphatic hydroxyl groups is 1. The molecular formula is C10H21NO4. The second-order valence-corrected chi connectivity index (χ2v) is 3.66. The van der Waals surface area contributed by atoms with Crippen molar-refractivity contribution < 1.29 is 19.7 Å². The molecule has 0 fully saturated rings. The SMILES string of the molecule is COCC(O)CC(CCCCN)C(=O)O. The molecule has 90 valence electrons. The van der Waals surface area contributed by atoms with Gasteiger partial charge in [-0.3, -0.25) is 4.79 Å². The van der Waals surface area contributed by atoms with Gasteiger partial charge >= 0.3 is 5.97 Å². The average molecular weight is 219 g/mol. The van der Waals surface area contributed by atoms with E-state index in [4.69, 9.17) is 15.6 Å². The van der Waals surface area contributed by atoms with Crippen LogP contribution in [0.4, 0.5) is 0 Å². The summed E-state index contributed by atoms with van der Waals surface area (Å²) < 4.78 is 4.75. The first-order chi connectivity index (χ1) is 7.11. The summed E-state index contributed by atoms with van der Waals surface area (Å²) in [5.41, 5.74) is 5.32. The Hall–Kier alpha value is -0.650. The summed E-state index contributed by atoms with van der Waals surface area (Å²) in [7, 11) is 1.48. The van der Waals surface area contributed by atoms with Crippen LogP contribution >= 0.6 is 0 Å². The Labute approximate surface area is 90.2 Å². The van der Waals surface area contributed by atoms with Crippen molar-refractivity contribution in [2.45, 2.75) is 31.8 Å². The summed E-state index contributed by atoms with van der Waals surface area (Å²) in [5.74, 6) is -1.36. The van der Waals surface area contributed by atoms with Crippen LogP contribution in [0, 0.1) is 5.92 Å². The van der Waals surface area contributed by atoms with Gasteiger partial charge in [-0.1, -0.05) is 6.42 Å². The molecular weight excluding hydrogens is 198 g/mol. The van der Waals surface area contributed by atoms with Gasteiger partial charge in [0, 0.05) is 7.11 Å². The highest BCUT2D eigenvalue weighted by Crippen LogP contribution is 2.15. The molecule has 0 heterocycles. The third-order valence-electron chi connectivity index (χ3n) is 2.27. The van der Waals surface area contributed by atoms with E-state index in [-0.39, 0.29) is 13.0 Å². The van der Waals surface area contributed by atoms with Crippen molar-refractivity contribution in [2.24, 2.45) is 11.7 Å². The van der Waals surface area contributed by atoms with Gasteiger partial charge in [0.1, 0.15) is 0 Å². The van der Waals surface area contributed by atoms with E-state index >= 15 is 0 Å². The van der Waals surface area contributed by atoms with E-state index in [1.165, 1.54) is 7.11 Å². The van der Waals surface area contributed by atoms with E-state index in [1.807, 2.05) is 0 Å². The molecule has 0 radical (unpaired) electrons. The highest BCUT2D eigenvalue weighted by Gasteiger charge is 2.20. The molecule has 0 amide bonds. The van der Waals surface area contributed by atoms with Gasteiger partial charge in [-0.25, -0.2) is 0 Å². The number of unbranched alkanes of at least 4 members (excludes halogenated alkanes) is 1. The standard InChI is InChI=1S/C10H21NO4/c1-15-7-9(12)6-8(10(13)14)4-2-3-5-11/h8-9,12H,2-7,11H2,1H3,(H,13,14). The Bertz CT molecular complexity index is 175. The molecule has 2 atom stereocenters. The zero-order valence-corrected chi connectivity index (χ0v) is 9.19. The molecule has 0 saturated heterocycles. The number of rotatable bonds is 9. The Morgan fingerprint density at radius 3 is 2.60 bits per heavy atom. The van der Waals surface area contributed by atoms with Gasteiger partial charge in [-0.05, 0) is 25.8 Å². The Balaban J connectivity index is 3.87. The maximum absolute atomic E-state index is 10.9. The topological polar surface area (TPSA) is 92.8 Å². The molecule has 0 aliphatic heterocycles. The largest absolute Gasteiger partial charge is 0.481 e. The average Bonchev–Trinajstić information content (AvgIpc) is 2.16. The van der Waals surface area contributed by atoms with E-state index in [1.54, 1.807) is 0 Å². The van der Waals surface area contributed by atoms with Crippen molar-refractivity contribution in [1.82, 2.24) is 0 Å². The molecule has 4 N–H and O–H groups in total. The molecule has 0 bridgehead atoms. The summed E-state index contributed by atoms with van der Waals surface area (Å²) in [5, 5.41) is 18.3. The second kappa shape index (κ2) is 8.64. The van der Waals surface area contributed by atoms with Crippen LogP contribution in [0.2, 0.25) is 0 Å². The van der Waals surface area contributed by atoms with Crippen LogP contribution in [-0.2, 0) is 9.53 Å². The fourth-order valence-electron chi connectivity index (χ4n) is 1.47. The van der Waals surface area contributed by atoms with Crippen molar-refractivity contribution in [3.8, 4) is 0 Å². The minimum absolute atomic E-state index is 0.181. The zero-order chi connectivity index (χ0) is 11.7. The lowest BCUT2D eigenvalue weighted by molar-refractivity contribution is -0.143. The van der Waals surface area contributed by atoms with Gasteiger partial charge in [0.25, 0.3) is 0 Å². The predicted molar refractivity (Wildman–Crippen MR) is 56.5 cm³/mol. The summed E-state index contributed by atoms with van der Waals surface area (Å²) >= 11 is 0. The molecule has 5 nitrogen and oxygen atoms in total. The third kappa shape index (κ3) is 7.30. The van der Waals surface area contributed by atoms with E-state index in [0.29, 0.717) is 13.0 Å². The Morgan fingerprint density at radius 2 is 2.13 bits per heavy atom. The van der Waals surface area contributed by atoms with E-state index in [9.17, 15) is 9.90 Å². The van der Waals surface area contributed by atoms with Crippen LogP contribution in [0.25, 0.3) is 0 Å². The van der Waals surface area contributed by atoms with Crippen LogP contribution in [-0.4, -0.2) is 42.5 Å². The third-order valence-corrected chi connectivity index (χ3v) is 2.27. The van der Waals surface area contributed by atoms with Crippen LogP contribution in [0.1, 0.15) is 25.7 Å². The van der Waals surface area contributed by atoms with Crippen molar-refractivity contribution in [2.75, 3.05) is 20.3 Å². The fourth-order valence-corrected chi connectivity index (χ4v) is 1.47. The number of methoxy groups -OCH3 is 1. The summed E-state index contributed by atoms with van der Waals surface area (Å²) in [6, 6.07) is 0. The number of carbonyl (C=O) groups is 1. The van der Waals surface area contributed by atoms with Gasteiger partial charge in [0.2, 0.25) is 0 Å². The van der Waals surface area contributed by atoms with E-state index in [0.717, 1.165) is 12.8 Å². The lowest BCUT2D eigenvalue weighted by Crippen LogP contribution is -2.24. The summed E-state index contributed by atoms with van der Waals surface area (Å²) in [6.45, 7) is 0.758. The number of nitrogens with two attached hydrogens (primary N) is 1. The number of hydrogen-bond donors (Lipinski definition) is 3. The Kier molecular flexibility index (Phi) is 8.27. The first-order valence-corrected chi connectivity index (χ1v) is 5.21. The van der Waals surface area contributed by atoms with Crippen molar-refractivity contribution in [3.05, 3.63) is 0 Å². The molecule has 0 spiro atoms. The number of aliphatic carboxylic acids is 1. The van der Waals surface area contributed by atoms with Crippen molar-refractivity contribution in [1.29, 1.82) is 0 Å². The number of ether oxygens (including phenoxy) is 1. The van der Waals surface area contributed by atoms with Gasteiger partial charge < -0.3 is 20.7 Å². The molecule has 2 unspecified atom stereocenters. The quantitative estimate of drug-likeness (QED) is 0.482. The summed E-state index contributed by atoms with van der Waals surface area (Å²) in [6.07, 6.45) is 1.72. The van der Waals surface area contributed by atoms with Crippen LogP contribution in [0.15, 0.2) is 0 Å². The highest BCUT2D eigenvalue weighted by molar-refractivity contribution is 5.69. The van der Waals surface area contributed by atoms with Crippen molar-refractivity contribution in [3.63, 3.8) is 0 Å². The molecule has 0 saturated carbocycles. The number of hydrogen-bond acceptors (Lipinski definition) is 4. The number of carboxylic acid groups (broad SMARTS) is 1. The molecule has 0 aromatic carbocycles. The smallest absolute Gasteiger partial charge is 0.306 e. The fraction of sp³-hybridized carbons (Fsp3) is 0.900. The summed E-state index contributed by atoms with van der Waals surface area (Å²) in [4.78, 5) is 10.9. The Morgan fingerprint density at radius 1 is 1.47 bits per heavy atom. The van der Waals surface area contributed by atoms with E-state index < -0.39 is 18.0 Å². The van der Waals surface area contributed by atoms with Crippen LogP contribution < -0.4 is 5.73 Å². The van der Waals surface area contributed by atoms with Gasteiger partial charge in [0.15, 0.2) is 0 Å². The van der Waals surface area contributed by atoms with E-state index in [2.05, 4.69) is 0 Å². The molecule has 0 aliphatic carbocycles. The minimum atomic E-state index is -0.859. The minimum Gasteiger partial charge on any atom is -0.481 e. The molecule has 0 aliphatic rings. The predicted octanol–water partition coefficient (Wildman–Crippen LogP) is 0.214. The number of aliphatic hydroxyl groups excluding tert-OH is 1. The normalized spacial score (nSPS) is 14.9. The lowest BCUT2D eigenvalue weighted by atomic mass is 9.96. The molecule has 0 aromatic rings. The zero-order valence-electron chi connectivity index (χ0n) is 9.19. The van der Waals surface area contributed by atoms with Crippen LogP contribution in [0.5, 0.6) is 0 Å². The van der Waals surface area contributed by atoms with Gasteiger partial charge in [-0.15, -0.1) is 0 Å². The second-order valence-electron chi connectivity index (χ2n) is 3.66. The molecule has 15 heavy (non-hydrogen) atoms. The lowest BCUT2D eigenvalue weighted by Gasteiger charge is -2.15. The maximum Gasteiger partial charge on any atom is 0.306 e. The maximum atomic E-state index is 10.9. The van der Waals surface area contributed by atoms with Gasteiger partial charge in [-0.2, -0.15) is 0 Å². The molecule has 0 rings (SSSR count). The monoisotopic (exact) mass is 219 g/mol. The van der Waals surface area contributed by atoms with Gasteiger partial charge in [0.05, 0.1) is 18.6 Å². The highest BCUT2D eigenvalue weighted by atomic mass is 16.5. The van der Waals surface area contributed by atoms with Crippen LogP contribution in [0.3, 0.4) is 0 Å². The molecule has 5 heteroatoms. The number of carboxylic acids is 1.